The SMILES string of the molecule is COc1ccc(S(=O)(=O)Nc2cc(N=NC(=O)c3ccccc3O)c(O)c3ccccc23)cc1. The number of aromatic hydroxyl groups is 2. The minimum Gasteiger partial charge on any atom is -0.507 e. The number of nitrogens with zero attached hydrogens (tertiary/aromatic N) is 2. The lowest BCUT2D eigenvalue weighted by molar-refractivity contribution is 0.0992. The number of phenols is 2. The maximum absolute atomic E-state index is 13.0. The molecule has 0 saturated heterocycles. The Hall–Kier alpha value is -4.44. The van der Waals surface area contributed by atoms with E-state index in [0.717, 1.165) is 0 Å². The third-order valence-corrected chi connectivity index (χ3v) is 6.37. The quantitative estimate of drug-likeness (QED) is 0.264. The van der Waals surface area contributed by atoms with E-state index in [0.29, 0.717) is 16.5 Å². The minimum atomic E-state index is -4.00. The van der Waals surface area contributed by atoms with Gasteiger partial charge in [0.05, 0.1) is 23.3 Å². The van der Waals surface area contributed by atoms with Gasteiger partial charge in [-0.05, 0) is 42.5 Å². The molecule has 0 heterocycles. The van der Waals surface area contributed by atoms with Crippen molar-refractivity contribution < 1.29 is 28.2 Å². The van der Waals surface area contributed by atoms with Crippen molar-refractivity contribution in [3.05, 3.63) is 84.4 Å². The molecule has 4 aromatic rings. The van der Waals surface area contributed by atoms with Crippen molar-refractivity contribution in [3.8, 4) is 17.2 Å². The number of hydrogen-bond acceptors (Lipinski definition) is 7. The summed E-state index contributed by atoms with van der Waals surface area (Å²) in [4.78, 5) is 12.3. The first-order valence-corrected chi connectivity index (χ1v) is 11.4. The highest BCUT2D eigenvalue weighted by atomic mass is 32.2. The highest BCUT2D eigenvalue weighted by Gasteiger charge is 2.19. The van der Waals surface area contributed by atoms with Gasteiger partial charge in [0, 0.05) is 10.8 Å². The second-order valence-corrected chi connectivity index (χ2v) is 8.82. The molecule has 34 heavy (non-hydrogen) atoms. The molecule has 3 N–H and O–H groups in total. The molecule has 0 fully saturated rings. The maximum atomic E-state index is 13.0. The zero-order valence-corrected chi connectivity index (χ0v) is 18.7. The number of nitrogens with one attached hydrogen (secondary N) is 1. The second kappa shape index (κ2) is 9.20. The molecule has 4 rings (SSSR count). The maximum Gasteiger partial charge on any atom is 0.299 e. The monoisotopic (exact) mass is 477 g/mol. The number of methoxy groups -OCH3 is 1. The molecule has 0 atom stereocenters. The number of phenolic OH excluding ortho intramolecular Hbond substituents is 2. The Balaban J connectivity index is 1.75. The Bertz CT molecular complexity index is 1520. The summed E-state index contributed by atoms with van der Waals surface area (Å²) in [6.45, 7) is 0. The number of para-hydroxylation sites is 1. The summed E-state index contributed by atoms with van der Waals surface area (Å²) in [6.07, 6.45) is 0. The molecule has 0 radical (unpaired) electrons. The van der Waals surface area contributed by atoms with Gasteiger partial charge < -0.3 is 14.9 Å². The molecule has 0 saturated carbocycles. The number of rotatable bonds is 6. The number of benzene rings is 4. The van der Waals surface area contributed by atoms with Crippen LogP contribution in [0.15, 0.2) is 94.0 Å². The molecule has 0 aliphatic heterocycles. The van der Waals surface area contributed by atoms with Gasteiger partial charge in [-0.25, -0.2) is 8.42 Å². The fourth-order valence-corrected chi connectivity index (χ4v) is 4.34. The van der Waals surface area contributed by atoms with Gasteiger partial charge >= 0.3 is 0 Å². The molecule has 0 spiro atoms. The summed E-state index contributed by atoms with van der Waals surface area (Å²) in [5, 5.41) is 28.6. The van der Waals surface area contributed by atoms with Gasteiger partial charge in [0.1, 0.15) is 17.2 Å². The molecule has 0 aromatic heterocycles. The first kappa shape index (κ1) is 22.7. The molecule has 9 nitrogen and oxygen atoms in total. The molecular formula is C24H19N3O6S. The van der Waals surface area contributed by atoms with Crippen LogP contribution in [0, 0.1) is 0 Å². The molecule has 0 unspecified atom stereocenters. The van der Waals surface area contributed by atoms with Crippen LogP contribution < -0.4 is 9.46 Å². The van der Waals surface area contributed by atoms with E-state index in [9.17, 15) is 23.4 Å². The normalized spacial score (nSPS) is 11.6. The van der Waals surface area contributed by atoms with Gasteiger partial charge in [0.15, 0.2) is 5.75 Å². The van der Waals surface area contributed by atoms with Crippen LogP contribution in [0.3, 0.4) is 0 Å². The van der Waals surface area contributed by atoms with Crippen molar-refractivity contribution in [3.63, 3.8) is 0 Å². The van der Waals surface area contributed by atoms with Crippen molar-refractivity contribution >= 4 is 38.1 Å². The van der Waals surface area contributed by atoms with E-state index in [4.69, 9.17) is 4.74 Å². The van der Waals surface area contributed by atoms with E-state index in [2.05, 4.69) is 15.0 Å². The highest BCUT2D eigenvalue weighted by molar-refractivity contribution is 7.92. The Morgan fingerprint density at radius 2 is 1.56 bits per heavy atom. The minimum absolute atomic E-state index is 0.00311. The van der Waals surface area contributed by atoms with Crippen LogP contribution in [0.4, 0.5) is 11.4 Å². The highest BCUT2D eigenvalue weighted by Crippen LogP contribution is 2.40. The number of hydrogen-bond donors (Lipinski definition) is 3. The molecule has 0 bridgehead atoms. The molecule has 172 valence electrons. The summed E-state index contributed by atoms with van der Waals surface area (Å²) in [5.41, 5.74) is -0.0601. The fraction of sp³-hybridized carbons (Fsp3) is 0.0417. The van der Waals surface area contributed by atoms with Crippen LogP contribution in [0.25, 0.3) is 10.8 Å². The number of carbonyl (C=O) groups is 1. The number of anilines is 1. The van der Waals surface area contributed by atoms with E-state index >= 15 is 0 Å². The standard InChI is InChI=1S/C24H19N3O6S/c1-33-15-10-12-16(13-11-15)34(31,32)27-20-14-21(23(29)18-7-3-2-6-17(18)20)25-26-24(30)19-8-4-5-9-22(19)28/h2-14,27-29H,1H3. The number of carbonyl (C=O) groups excluding carboxylic acids is 1. The number of amides is 1. The summed E-state index contributed by atoms with van der Waals surface area (Å²) >= 11 is 0. The Morgan fingerprint density at radius 3 is 2.24 bits per heavy atom. The Morgan fingerprint density at radius 1 is 0.912 bits per heavy atom. The first-order valence-electron chi connectivity index (χ1n) is 9.96. The van der Waals surface area contributed by atoms with Crippen LogP contribution in [-0.4, -0.2) is 31.6 Å². The van der Waals surface area contributed by atoms with Crippen molar-refractivity contribution in [2.24, 2.45) is 10.2 Å². The van der Waals surface area contributed by atoms with E-state index in [1.807, 2.05) is 0 Å². The van der Waals surface area contributed by atoms with Gasteiger partial charge in [-0.1, -0.05) is 36.4 Å². The van der Waals surface area contributed by atoms with E-state index < -0.39 is 15.9 Å². The largest absolute Gasteiger partial charge is 0.507 e. The van der Waals surface area contributed by atoms with Gasteiger partial charge in [-0.3, -0.25) is 9.52 Å². The molecule has 10 heteroatoms. The molecule has 4 aromatic carbocycles. The third-order valence-electron chi connectivity index (χ3n) is 4.99. The van der Waals surface area contributed by atoms with E-state index in [1.165, 1.54) is 49.6 Å². The van der Waals surface area contributed by atoms with Crippen LogP contribution in [0.2, 0.25) is 0 Å². The Kier molecular flexibility index (Phi) is 6.15. The lowest BCUT2D eigenvalue weighted by Gasteiger charge is -2.13. The lowest BCUT2D eigenvalue weighted by Crippen LogP contribution is -2.13. The molecular weight excluding hydrogens is 458 g/mol. The van der Waals surface area contributed by atoms with Crippen molar-refractivity contribution in [2.75, 3.05) is 11.8 Å². The van der Waals surface area contributed by atoms with Crippen LogP contribution in [-0.2, 0) is 10.0 Å². The number of fused-ring (bicyclic) bond motifs is 1. The van der Waals surface area contributed by atoms with Gasteiger partial charge in [0.25, 0.3) is 15.9 Å². The zero-order valence-electron chi connectivity index (χ0n) is 17.8. The molecule has 1 amide bonds. The Labute approximate surface area is 195 Å². The lowest BCUT2D eigenvalue weighted by atomic mass is 10.1. The predicted molar refractivity (Wildman–Crippen MR) is 126 cm³/mol. The van der Waals surface area contributed by atoms with Crippen molar-refractivity contribution in [1.82, 2.24) is 0 Å². The van der Waals surface area contributed by atoms with Crippen LogP contribution in [0.1, 0.15) is 10.4 Å². The van der Waals surface area contributed by atoms with Crippen molar-refractivity contribution in [2.45, 2.75) is 4.90 Å². The third kappa shape index (κ3) is 4.52. The van der Waals surface area contributed by atoms with Crippen molar-refractivity contribution in [1.29, 1.82) is 0 Å². The topological polar surface area (TPSA) is 138 Å². The van der Waals surface area contributed by atoms with Crippen LogP contribution >= 0.6 is 0 Å². The summed E-state index contributed by atoms with van der Waals surface area (Å²) in [7, 11) is -2.52. The molecule has 0 aliphatic carbocycles. The van der Waals surface area contributed by atoms with Gasteiger partial charge in [0.2, 0.25) is 0 Å². The predicted octanol–water partition coefficient (Wildman–Crippen LogP) is 4.98. The summed E-state index contributed by atoms with van der Waals surface area (Å²) in [6, 6.07) is 19.5. The average molecular weight is 477 g/mol. The summed E-state index contributed by atoms with van der Waals surface area (Å²) < 4.78 is 33.5. The second-order valence-electron chi connectivity index (χ2n) is 7.14. The van der Waals surface area contributed by atoms with Gasteiger partial charge in [-0.15, -0.1) is 10.2 Å². The smallest absolute Gasteiger partial charge is 0.299 e. The van der Waals surface area contributed by atoms with E-state index in [1.54, 1.807) is 36.4 Å². The van der Waals surface area contributed by atoms with Crippen LogP contribution in [0.5, 0.6) is 17.2 Å². The molecule has 0 aliphatic rings. The summed E-state index contributed by atoms with van der Waals surface area (Å²) in [5.74, 6) is -0.865. The van der Waals surface area contributed by atoms with Gasteiger partial charge in [-0.2, -0.15) is 0 Å². The number of sulfonamides is 1. The zero-order chi connectivity index (χ0) is 24.3. The average Bonchev–Trinajstić information content (AvgIpc) is 2.85. The fourth-order valence-electron chi connectivity index (χ4n) is 3.27. The number of azo groups is 1. The van der Waals surface area contributed by atoms with E-state index in [-0.39, 0.29) is 33.3 Å². The first-order chi connectivity index (χ1) is 16.3. The number of ether oxygens (including phenoxy) is 1.